The second kappa shape index (κ2) is 6.99. The number of aryl methyl sites for hydroxylation is 3. The normalized spacial score (nSPS) is 15.7. The molecule has 148 valence electrons. The summed E-state index contributed by atoms with van der Waals surface area (Å²) in [6.07, 6.45) is 7.52. The summed E-state index contributed by atoms with van der Waals surface area (Å²) >= 11 is 0. The van der Waals surface area contributed by atoms with Gasteiger partial charge in [0.1, 0.15) is 11.4 Å². The van der Waals surface area contributed by atoms with Crippen molar-refractivity contribution in [2.75, 3.05) is 6.54 Å². The van der Waals surface area contributed by atoms with Crippen LogP contribution >= 0.6 is 0 Å². The molecule has 0 spiro atoms. The minimum absolute atomic E-state index is 0.197. The standard InChI is InChI=1S/C22H23N5O2/c1-14-19-13-26(10-11-27(19)20(24-14)15-6-8-23-9-7-15)22(29)17-12-16-4-2-3-5-18(16)25-21(17)28/h6-9,12H,2-5,10-11,13H2,1H3,(H,25,28). The maximum atomic E-state index is 13.2. The Labute approximate surface area is 168 Å². The fourth-order valence-corrected chi connectivity index (χ4v) is 4.43. The fraction of sp³-hybridized carbons (Fsp3) is 0.364. The Hall–Kier alpha value is -3.22. The van der Waals surface area contributed by atoms with Crippen LogP contribution in [0.1, 0.15) is 45.8 Å². The topological polar surface area (TPSA) is 83.9 Å². The smallest absolute Gasteiger partial charge is 0.261 e. The molecule has 5 rings (SSSR count). The molecule has 0 saturated heterocycles. The second-order valence-electron chi connectivity index (χ2n) is 7.80. The number of rotatable bonds is 2. The van der Waals surface area contributed by atoms with E-state index >= 15 is 0 Å². The first kappa shape index (κ1) is 17.8. The van der Waals surface area contributed by atoms with Crippen LogP contribution in [0.25, 0.3) is 11.4 Å². The fourth-order valence-electron chi connectivity index (χ4n) is 4.43. The van der Waals surface area contributed by atoms with Crippen molar-refractivity contribution in [2.24, 2.45) is 0 Å². The summed E-state index contributed by atoms with van der Waals surface area (Å²) in [5, 5.41) is 0. The van der Waals surface area contributed by atoms with Crippen LogP contribution in [0.5, 0.6) is 0 Å². The summed E-state index contributed by atoms with van der Waals surface area (Å²) < 4.78 is 2.17. The van der Waals surface area contributed by atoms with E-state index < -0.39 is 0 Å². The highest BCUT2D eigenvalue weighted by atomic mass is 16.2. The van der Waals surface area contributed by atoms with Gasteiger partial charge in [0.2, 0.25) is 0 Å². The number of nitrogens with zero attached hydrogens (tertiary/aromatic N) is 4. The summed E-state index contributed by atoms with van der Waals surface area (Å²) in [6, 6.07) is 5.70. The summed E-state index contributed by atoms with van der Waals surface area (Å²) in [4.78, 5) is 39.2. The van der Waals surface area contributed by atoms with E-state index in [9.17, 15) is 9.59 Å². The molecular formula is C22H23N5O2. The largest absolute Gasteiger partial charge is 0.331 e. The molecule has 3 aromatic rings. The SMILES string of the molecule is Cc1nc(-c2ccncc2)n2c1CN(C(=O)c1cc3c([nH]c1=O)CCCC3)CC2. The van der Waals surface area contributed by atoms with Gasteiger partial charge in [-0.05, 0) is 56.4 Å². The van der Waals surface area contributed by atoms with Crippen molar-refractivity contribution in [3.05, 3.63) is 69.2 Å². The third kappa shape index (κ3) is 3.06. The molecule has 2 aliphatic rings. The van der Waals surface area contributed by atoms with E-state index in [0.717, 1.165) is 59.7 Å². The van der Waals surface area contributed by atoms with Crippen molar-refractivity contribution in [1.82, 2.24) is 24.4 Å². The molecule has 0 radical (unpaired) electrons. The number of H-pyrrole nitrogens is 1. The van der Waals surface area contributed by atoms with Crippen LogP contribution in [-0.2, 0) is 25.9 Å². The highest BCUT2D eigenvalue weighted by molar-refractivity contribution is 5.94. The van der Waals surface area contributed by atoms with Crippen LogP contribution in [0.4, 0.5) is 0 Å². The van der Waals surface area contributed by atoms with Gasteiger partial charge in [-0.1, -0.05) is 0 Å². The number of aromatic amines is 1. The number of fused-ring (bicyclic) bond motifs is 2. The zero-order valence-electron chi connectivity index (χ0n) is 16.4. The summed E-state index contributed by atoms with van der Waals surface area (Å²) in [5.74, 6) is 0.704. The van der Waals surface area contributed by atoms with Gasteiger partial charge in [-0.2, -0.15) is 0 Å². The molecule has 29 heavy (non-hydrogen) atoms. The molecule has 0 fully saturated rings. The van der Waals surface area contributed by atoms with Crippen molar-refractivity contribution in [1.29, 1.82) is 0 Å². The molecule has 0 bridgehead atoms. The first-order valence-corrected chi connectivity index (χ1v) is 10.1. The molecule has 1 N–H and O–H groups in total. The zero-order valence-corrected chi connectivity index (χ0v) is 16.4. The number of carbonyl (C=O) groups excluding carboxylic acids is 1. The minimum atomic E-state index is -0.274. The van der Waals surface area contributed by atoms with Crippen LogP contribution < -0.4 is 5.56 Å². The van der Waals surface area contributed by atoms with Crippen LogP contribution in [0.3, 0.4) is 0 Å². The predicted octanol–water partition coefficient (Wildman–Crippen LogP) is 2.48. The lowest BCUT2D eigenvalue weighted by molar-refractivity contribution is 0.0709. The van der Waals surface area contributed by atoms with Gasteiger partial charge in [-0.15, -0.1) is 0 Å². The van der Waals surface area contributed by atoms with Gasteiger partial charge < -0.3 is 14.5 Å². The molecule has 1 aliphatic carbocycles. The zero-order chi connectivity index (χ0) is 20.0. The van der Waals surface area contributed by atoms with Gasteiger partial charge in [-0.3, -0.25) is 14.6 Å². The second-order valence-corrected chi connectivity index (χ2v) is 7.80. The Bertz CT molecular complexity index is 1150. The van der Waals surface area contributed by atoms with Gasteiger partial charge in [0, 0.05) is 36.7 Å². The van der Waals surface area contributed by atoms with Gasteiger partial charge in [0.05, 0.1) is 17.9 Å². The Balaban J connectivity index is 1.45. The highest BCUT2D eigenvalue weighted by Crippen LogP contribution is 2.26. The molecule has 4 heterocycles. The van der Waals surface area contributed by atoms with Crippen LogP contribution in [-0.4, -0.2) is 36.9 Å². The van der Waals surface area contributed by atoms with E-state index in [4.69, 9.17) is 4.98 Å². The lowest BCUT2D eigenvalue weighted by Gasteiger charge is -2.29. The molecule has 7 nitrogen and oxygen atoms in total. The molecule has 1 aliphatic heterocycles. The lowest BCUT2D eigenvalue weighted by atomic mass is 9.95. The maximum Gasteiger partial charge on any atom is 0.261 e. The first-order valence-electron chi connectivity index (χ1n) is 10.1. The molecule has 1 amide bonds. The Morgan fingerprint density at radius 2 is 1.93 bits per heavy atom. The van der Waals surface area contributed by atoms with E-state index in [1.165, 1.54) is 0 Å². The Morgan fingerprint density at radius 1 is 1.14 bits per heavy atom. The number of hydrogen-bond donors (Lipinski definition) is 1. The molecule has 7 heteroatoms. The van der Waals surface area contributed by atoms with Crippen molar-refractivity contribution in [2.45, 2.75) is 45.7 Å². The van der Waals surface area contributed by atoms with E-state index in [1.807, 2.05) is 25.1 Å². The number of nitrogens with one attached hydrogen (secondary N) is 1. The monoisotopic (exact) mass is 389 g/mol. The molecule has 3 aromatic heterocycles. The Morgan fingerprint density at radius 3 is 2.76 bits per heavy atom. The average Bonchev–Trinajstić information content (AvgIpc) is 3.09. The predicted molar refractivity (Wildman–Crippen MR) is 109 cm³/mol. The molecular weight excluding hydrogens is 366 g/mol. The van der Waals surface area contributed by atoms with Crippen LogP contribution in [0.2, 0.25) is 0 Å². The van der Waals surface area contributed by atoms with E-state index in [0.29, 0.717) is 19.6 Å². The van der Waals surface area contributed by atoms with E-state index in [-0.39, 0.29) is 17.0 Å². The van der Waals surface area contributed by atoms with E-state index in [1.54, 1.807) is 17.3 Å². The van der Waals surface area contributed by atoms with Gasteiger partial charge >= 0.3 is 0 Å². The van der Waals surface area contributed by atoms with Crippen molar-refractivity contribution < 1.29 is 4.79 Å². The lowest BCUT2D eigenvalue weighted by Crippen LogP contribution is -2.41. The maximum absolute atomic E-state index is 13.2. The molecule has 0 saturated carbocycles. The molecule has 0 unspecified atom stereocenters. The number of amides is 1. The highest BCUT2D eigenvalue weighted by Gasteiger charge is 2.28. The summed E-state index contributed by atoms with van der Waals surface area (Å²) in [5.41, 5.74) is 5.03. The van der Waals surface area contributed by atoms with Crippen molar-refractivity contribution in [3.8, 4) is 11.4 Å². The van der Waals surface area contributed by atoms with Crippen molar-refractivity contribution in [3.63, 3.8) is 0 Å². The summed E-state index contributed by atoms with van der Waals surface area (Å²) in [7, 11) is 0. The van der Waals surface area contributed by atoms with Gasteiger partial charge in [0.15, 0.2) is 0 Å². The molecule has 0 atom stereocenters. The quantitative estimate of drug-likeness (QED) is 0.730. The van der Waals surface area contributed by atoms with Gasteiger partial charge in [0.25, 0.3) is 11.5 Å². The number of pyridine rings is 2. The third-order valence-corrected chi connectivity index (χ3v) is 6.00. The summed E-state index contributed by atoms with van der Waals surface area (Å²) in [6.45, 7) is 3.63. The van der Waals surface area contributed by atoms with Crippen LogP contribution in [0, 0.1) is 6.92 Å². The first-order chi connectivity index (χ1) is 14.1. The van der Waals surface area contributed by atoms with Crippen molar-refractivity contribution >= 4 is 5.91 Å². The van der Waals surface area contributed by atoms with Crippen LogP contribution in [0.15, 0.2) is 35.4 Å². The number of aromatic nitrogens is 4. The van der Waals surface area contributed by atoms with E-state index in [2.05, 4.69) is 14.5 Å². The Kier molecular flexibility index (Phi) is 4.30. The number of hydrogen-bond acceptors (Lipinski definition) is 4. The minimum Gasteiger partial charge on any atom is -0.331 e. The molecule has 0 aromatic carbocycles. The van der Waals surface area contributed by atoms with Gasteiger partial charge in [-0.25, -0.2) is 4.98 Å². The number of carbonyl (C=O) groups is 1. The number of imidazole rings is 1. The average molecular weight is 389 g/mol. The third-order valence-electron chi connectivity index (χ3n) is 6.00.